The van der Waals surface area contributed by atoms with Crippen LogP contribution < -0.4 is 5.32 Å². The molecule has 11 nitrogen and oxygen atoms in total. The molecule has 158 valence electrons. The lowest BCUT2D eigenvalue weighted by atomic mass is 9.96. The molecule has 2 rings (SSSR count). The van der Waals surface area contributed by atoms with Gasteiger partial charge in [0.1, 0.15) is 18.8 Å². The first kappa shape index (κ1) is 22.2. The molecule has 0 saturated carbocycles. The first-order valence-electron chi connectivity index (χ1n) is 8.71. The van der Waals surface area contributed by atoms with E-state index in [1.54, 1.807) is 6.07 Å². The molecule has 1 aliphatic heterocycles. The van der Waals surface area contributed by atoms with Gasteiger partial charge in [-0.3, -0.25) is 24.2 Å². The number of nitrogens with one attached hydrogen (secondary N) is 1. The van der Waals surface area contributed by atoms with Crippen molar-refractivity contribution >= 4 is 23.8 Å². The fraction of sp³-hybridized carbons (Fsp3) is 0.500. The Bertz CT molecular complexity index is 755. The molecule has 0 radical (unpaired) electrons. The van der Waals surface area contributed by atoms with Crippen molar-refractivity contribution in [1.82, 2.24) is 10.3 Å². The highest BCUT2D eigenvalue weighted by Crippen LogP contribution is 2.26. The van der Waals surface area contributed by atoms with E-state index in [2.05, 4.69) is 10.3 Å². The minimum Gasteiger partial charge on any atom is -0.463 e. The third-order valence-electron chi connectivity index (χ3n) is 3.94. The zero-order valence-electron chi connectivity index (χ0n) is 16.1. The van der Waals surface area contributed by atoms with Gasteiger partial charge in [0, 0.05) is 33.2 Å². The van der Waals surface area contributed by atoms with Crippen LogP contribution in [-0.4, -0.2) is 71.2 Å². The van der Waals surface area contributed by atoms with Crippen LogP contribution in [0.3, 0.4) is 0 Å². The number of carbonyl (C=O) groups is 4. The second-order valence-electron chi connectivity index (χ2n) is 6.26. The maximum absolute atomic E-state index is 12.5. The van der Waals surface area contributed by atoms with Crippen LogP contribution >= 0.6 is 0 Å². The molecule has 5 atom stereocenters. The second kappa shape index (κ2) is 9.94. The fourth-order valence-electron chi connectivity index (χ4n) is 2.80. The van der Waals surface area contributed by atoms with Gasteiger partial charge >= 0.3 is 17.9 Å². The molecule has 2 N–H and O–H groups in total. The van der Waals surface area contributed by atoms with Crippen LogP contribution in [0.2, 0.25) is 0 Å². The first-order valence-corrected chi connectivity index (χ1v) is 8.71. The van der Waals surface area contributed by atoms with Gasteiger partial charge in [-0.25, -0.2) is 0 Å². The summed E-state index contributed by atoms with van der Waals surface area (Å²) >= 11 is 0. The van der Waals surface area contributed by atoms with Crippen molar-refractivity contribution < 1.29 is 43.2 Å². The van der Waals surface area contributed by atoms with Crippen LogP contribution in [0, 0.1) is 0 Å². The van der Waals surface area contributed by atoms with Crippen LogP contribution in [0.5, 0.6) is 0 Å². The van der Waals surface area contributed by atoms with E-state index in [9.17, 15) is 24.3 Å². The molecule has 1 aliphatic rings. The van der Waals surface area contributed by atoms with Crippen LogP contribution in [-0.2, 0) is 33.3 Å². The van der Waals surface area contributed by atoms with Gasteiger partial charge in [0.05, 0.1) is 5.56 Å². The summed E-state index contributed by atoms with van der Waals surface area (Å²) in [5, 5.41) is 12.9. The van der Waals surface area contributed by atoms with Crippen molar-refractivity contribution in [2.24, 2.45) is 0 Å². The van der Waals surface area contributed by atoms with Gasteiger partial charge in [0.15, 0.2) is 18.5 Å². The predicted molar refractivity (Wildman–Crippen MR) is 94.1 cm³/mol. The maximum Gasteiger partial charge on any atom is 0.303 e. The summed E-state index contributed by atoms with van der Waals surface area (Å²) in [5.74, 6) is -2.71. The van der Waals surface area contributed by atoms with Gasteiger partial charge in [-0.1, -0.05) is 0 Å². The molecule has 0 aliphatic carbocycles. The SMILES string of the molecule is CC(=O)OC[C@H]1O[C@@H](O)[C@@H](NC(=O)c2cccnc2)[C@@H](OC(C)=O)[C@H]1OC(C)=O. The average molecular weight is 410 g/mol. The molecule has 0 aromatic carbocycles. The van der Waals surface area contributed by atoms with Crippen molar-refractivity contribution in [3.63, 3.8) is 0 Å². The summed E-state index contributed by atoms with van der Waals surface area (Å²) in [6.07, 6.45) is -2.55. The number of rotatable bonds is 6. The fourth-order valence-corrected chi connectivity index (χ4v) is 2.80. The number of aliphatic hydroxyl groups is 1. The van der Waals surface area contributed by atoms with E-state index in [1.165, 1.54) is 25.4 Å². The number of hydrogen-bond acceptors (Lipinski definition) is 10. The van der Waals surface area contributed by atoms with Crippen molar-refractivity contribution in [2.75, 3.05) is 6.61 Å². The number of aliphatic hydroxyl groups excluding tert-OH is 1. The van der Waals surface area contributed by atoms with Gasteiger partial charge in [-0.15, -0.1) is 0 Å². The van der Waals surface area contributed by atoms with E-state index in [0.717, 1.165) is 13.8 Å². The van der Waals surface area contributed by atoms with E-state index in [0.29, 0.717) is 0 Å². The highest BCUT2D eigenvalue weighted by molar-refractivity contribution is 5.94. The van der Waals surface area contributed by atoms with Gasteiger partial charge in [-0.05, 0) is 12.1 Å². The molecule has 0 bridgehead atoms. The normalized spacial score (nSPS) is 26.1. The van der Waals surface area contributed by atoms with Crippen molar-refractivity contribution in [2.45, 2.75) is 51.4 Å². The van der Waals surface area contributed by atoms with Crippen LogP contribution in [0.25, 0.3) is 0 Å². The van der Waals surface area contributed by atoms with Crippen LogP contribution in [0.15, 0.2) is 24.5 Å². The molecular formula is C18H22N2O9. The Kier molecular flexibility index (Phi) is 7.62. The Morgan fingerprint density at radius 3 is 2.31 bits per heavy atom. The van der Waals surface area contributed by atoms with Crippen molar-refractivity contribution in [3.05, 3.63) is 30.1 Å². The number of ether oxygens (including phenoxy) is 4. The molecule has 2 heterocycles. The quantitative estimate of drug-likeness (QED) is 0.456. The monoisotopic (exact) mass is 410 g/mol. The molecule has 1 aromatic rings. The van der Waals surface area contributed by atoms with E-state index in [-0.39, 0.29) is 12.2 Å². The zero-order chi connectivity index (χ0) is 21.6. The number of hydrogen-bond donors (Lipinski definition) is 2. The first-order chi connectivity index (χ1) is 13.7. The Morgan fingerprint density at radius 1 is 1.10 bits per heavy atom. The number of nitrogens with zero attached hydrogens (tertiary/aromatic N) is 1. The van der Waals surface area contributed by atoms with Gasteiger partial charge in [-0.2, -0.15) is 0 Å². The smallest absolute Gasteiger partial charge is 0.303 e. The molecular weight excluding hydrogens is 388 g/mol. The Labute approximate surface area is 166 Å². The number of carbonyl (C=O) groups excluding carboxylic acids is 4. The largest absolute Gasteiger partial charge is 0.463 e. The van der Waals surface area contributed by atoms with E-state index < -0.39 is 54.5 Å². The Morgan fingerprint density at radius 2 is 1.76 bits per heavy atom. The number of amides is 1. The minimum absolute atomic E-state index is 0.187. The highest BCUT2D eigenvalue weighted by atomic mass is 16.7. The van der Waals surface area contributed by atoms with Crippen molar-refractivity contribution in [1.29, 1.82) is 0 Å². The summed E-state index contributed by atoms with van der Waals surface area (Å²) < 4.78 is 20.7. The molecule has 1 saturated heterocycles. The molecule has 1 fully saturated rings. The summed E-state index contributed by atoms with van der Waals surface area (Å²) in [5.41, 5.74) is 0.187. The third kappa shape index (κ3) is 6.22. The number of aromatic nitrogens is 1. The van der Waals surface area contributed by atoms with Crippen LogP contribution in [0.4, 0.5) is 0 Å². The number of esters is 3. The highest BCUT2D eigenvalue weighted by Gasteiger charge is 2.50. The third-order valence-corrected chi connectivity index (χ3v) is 3.94. The average Bonchev–Trinajstić information content (AvgIpc) is 2.65. The zero-order valence-corrected chi connectivity index (χ0v) is 16.1. The standard InChI is InChI=1S/C18H22N2O9/c1-9(21)26-8-13-15(27-10(2)22)16(28-11(3)23)14(18(25)29-13)20-17(24)12-5-4-6-19-7-12/h4-7,13-16,18,25H,8H2,1-3H3,(H,20,24)/t13-,14+,15+,16-,18-/m1/s1. The summed E-state index contributed by atoms with van der Waals surface area (Å²) in [6.45, 7) is 3.04. The summed E-state index contributed by atoms with van der Waals surface area (Å²) in [7, 11) is 0. The molecule has 0 unspecified atom stereocenters. The molecule has 11 heteroatoms. The maximum atomic E-state index is 12.5. The molecule has 1 amide bonds. The van der Waals surface area contributed by atoms with Gasteiger partial charge in [0.2, 0.25) is 0 Å². The lowest BCUT2D eigenvalue weighted by Gasteiger charge is -2.43. The van der Waals surface area contributed by atoms with E-state index >= 15 is 0 Å². The molecule has 29 heavy (non-hydrogen) atoms. The Hall–Kier alpha value is -3.05. The lowest BCUT2D eigenvalue weighted by Crippen LogP contribution is -2.66. The minimum atomic E-state index is -1.65. The van der Waals surface area contributed by atoms with E-state index in [4.69, 9.17) is 18.9 Å². The lowest BCUT2D eigenvalue weighted by molar-refractivity contribution is -0.263. The molecule has 1 aromatic heterocycles. The number of pyridine rings is 1. The molecule has 0 spiro atoms. The van der Waals surface area contributed by atoms with Crippen LogP contribution in [0.1, 0.15) is 31.1 Å². The predicted octanol–water partition coefficient (Wildman–Crippen LogP) is -0.676. The van der Waals surface area contributed by atoms with Gasteiger partial charge < -0.3 is 29.4 Å². The van der Waals surface area contributed by atoms with E-state index in [1.807, 2.05) is 0 Å². The summed E-state index contributed by atoms with van der Waals surface area (Å²) in [4.78, 5) is 50.6. The van der Waals surface area contributed by atoms with Gasteiger partial charge in [0.25, 0.3) is 5.91 Å². The second-order valence-corrected chi connectivity index (χ2v) is 6.26. The van der Waals surface area contributed by atoms with Crippen molar-refractivity contribution in [3.8, 4) is 0 Å². The Balaban J connectivity index is 2.30. The topological polar surface area (TPSA) is 150 Å². The summed E-state index contributed by atoms with van der Waals surface area (Å²) in [6, 6.07) is 1.76.